The van der Waals surface area contributed by atoms with Crippen LogP contribution in [0.3, 0.4) is 0 Å². The third-order valence-electron chi connectivity index (χ3n) is 5.49. The average Bonchev–Trinajstić information content (AvgIpc) is 2.71. The molecular formula is C20H22N2O7S. The van der Waals surface area contributed by atoms with Crippen LogP contribution in [0.5, 0.6) is 0 Å². The number of nitrogens with zero attached hydrogens (tertiary/aromatic N) is 1. The lowest BCUT2D eigenvalue weighted by atomic mass is 9.97. The van der Waals surface area contributed by atoms with Crippen LogP contribution in [0, 0.1) is 0 Å². The summed E-state index contributed by atoms with van der Waals surface area (Å²) in [4.78, 5) is 36.4. The molecule has 1 atom stereocenters. The second kappa shape index (κ2) is 8.04. The molecule has 1 aromatic carbocycles. The van der Waals surface area contributed by atoms with Crippen LogP contribution in [0.15, 0.2) is 41.3 Å². The van der Waals surface area contributed by atoms with Crippen LogP contribution in [-0.2, 0) is 32.3 Å². The zero-order valence-corrected chi connectivity index (χ0v) is 17.4. The van der Waals surface area contributed by atoms with Gasteiger partial charge in [-0.2, -0.15) is 0 Å². The lowest BCUT2D eigenvalue weighted by Crippen LogP contribution is -2.49. The molecule has 0 spiro atoms. The van der Waals surface area contributed by atoms with E-state index in [1.807, 2.05) is 12.1 Å². The third-order valence-corrected chi connectivity index (χ3v) is 7.52. The number of hydrogen-bond acceptors (Lipinski definition) is 7. The molecule has 0 saturated heterocycles. The van der Waals surface area contributed by atoms with Crippen LogP contribution < -0.4 is 11.0 Å². The van der Waals surface area contributed by atoms with Crippen LogP contribution in [0.1, 0.15) is 29.3 Å². The van der Waals surface area contributed by atoms with Crippen molar-refractivity contribution in [1.82, 2.24) is 10.0 Å². The fourth-order valence-corrected chi connectivity index (χ4v) is 4.13. The summed E-state index contributed by atoms with van der Waals surface area (Å²) in [5.74, 6) is -1.45. The van der Waals surface area contributed by atoms with Crippen LogP contribution >= 0.6 is 0 Å². The summed E-state index contributed by atoms with van der Waals surface area (Å²) in [6, 6.07) is 8.38. The second-order valence-electron chi connectivity index (χ2n) is 7.40. The highest BCUT2D eigenvalue weighted by Gasteiger charge is 2.43. The number of carbonyl (C=O) groups excluding carboxylic acids is 2. The number of cyclic esters (lactones) is 1. The number of nitrogens with one attached hydrogen (secondary N) is 1. The van der Waals surface area contributed by atoms with Crippen molar-refractivity contribution >= 4 is 21.7 Å². The van der Waals surface area contributed by atoms with E-state index in [1.165, 1.54) is 29.2 Å². The Hall–Kier alpha value is -2.98. The Labute approximate surface area is 173 Å². The first-order valence-corrected chi connectivity index (χ1v) is 11.1. The highest BCUT2D eigenvalue weighted by Crippen LogP contribution is 2.25. The van der Waals surface area contributed by atoms with Crippen molar-refractivity contribution in [2.24, 2.45) is 0 Å². The monoisotopic (exact) mass is 434 g/mol. The van der Waals surface area contributed by atoms with Gasteiger partial charge in [0.15, 0.2) is 14.6 Å². The molecule has 3 rings (SSSR count). The number of aryl methyl sites for hydroxylation is 1. The Morgan fingerprint density at radius 2 is 1.93 bits per heavy atom. The summed E-state index contributed by atoms with van der Waals surface area (Å²) in [6.07, 6.45) is 2.83. The highest BCUT2D eigenvalue weighted by molar-refractivity contribution is 7.92. The van der Waals surface area contributed by atoms with Gasteiger partial charge in [0.05, 0.1) is 12.2 Å². The molecular weight excluding hydrogens is 412 g/mol. The van der Waals surface area contributed by atoms with Gasteiger partial charge in [-0.1, -0.05) is 12.1 Å². The van der Waals surface area contributed by atoms with Crippen molar-refractivity contribution in [2.75, 3.05) is 12.9 Å². The lowest BCUT2D eigenvalue weighted by Gasteiger charge is -2.25. The first-order valence-electron chi connectivity index (χ1n) is 9.22. The van der Waals surface area contributed by atoms with Crippen molar-refractivity contribution < 1.29 is 28.0 Å². The number of ether oxygens (including phenoxy) is 1. The maximum atomic E-state index is 12.5. The standard InChI is InChI=1S/C20H22N2O7S/c1-20(19(25)21-26,30(2,27)28)7-9-22-8-5-15(12-17(22)23)14-4-3-13-6-10-29-18(24)16(13)11-14/h3-5,8,11-12,26H,6-7,9-10H2,1-2H3,(H,21,25). The Kier molecular flexibility index (Phi) is 5.82. The number of sulfone groups is 1. The highest BCUT2D eigenvalue weighted by atomic mass is 32.2. The molecule has 0 radical (unpaired) electrons. The van der Waals surface area contributed by atoms with E-state index in [2.05, 4.69) is 0 Å². The van der Waals surface area contributed by atoms with Gasteiger partial charge in [-0.15, -0.1) is 0 Å². The molecule has 160 valence electrons. The van der Waals surface area contributed by atoms with E-state index in [1.54, 1.807) is 12.1 Å². The largest absolute Gasteiger partial charge is 0.462 e. The minimum atomic E-state index is -3.86. The van der Waals surface area contributed by atoms with Crippen molar-refractivity contribution in [2.45, 2.75) is 31.1 Å². The van der Waals surface area contributed by atoms with Gasteiger partial charge in [-0.3, -0.25) is 14.8 Å². The van der Waals surface area contributed by atoms with Gasteiger partial charge in [0, 0.05) is 31.5 Å². The number of fused-ring (bicyclic) bond motifs is 1. The van der Waals surface area contributed by atoms with Gasteiger partial charge in [0.2, 0.25) is 0 Å². The van der Waals surface area contributed by atoms with Gasteiger partial charge in [0.1, 0.15) is 0 Å². The van der Waals surface area contributed by atoms with E-state index in [-0.39, 0.29) is 13.0 Å². The minimum absolute atomic E-state index is 0.0490. The summed E-state index contributed by atoms with van der Waals surface area (Å²) in [6.45, 7) is 1.49. The fraction of sp³-hybridized carbons (Fsp3) is 0.350. The van der Waals surface area contributed by atoms with Gasteiger partial charge in [-0.05, 0) is 42.2 Å². The van der Waals surface area contributed by atoms with Crippen LogP contribution in [0.25, 0.3) is 11.1 Å². The molecule has 1 aliphatic rings. The molecule has 0 aliphatic carbocycles. The molecule has 0 bridgehead atoms. The number of carbonyl (C=O) groups is 2. The predicted octanol–water partition coefficient (Wildman–Crippen LogP) is 0.927. The van der Waals surface area contributed by atoms with Crippen LogP contribution in [0.4, 0.5) is 0 Å². The summed E-state index contributed by atoms with van der Waals surface area (Å²) in [5.41, 5.74) is 3.62. The van der Waals surface area contributed by atoms with Crippen molar-refractivity contribution in [3.8, 4) is 11.1 Å². The summed E-state index contributed by atoms with van der Waals surface area (Å²) in [7, 11) is -3.86. The van der Waals surface area contributed by atoms with E-state index in [4.69, 9.17) is 9.94 Å². The Morgan fingerprint density at radius 1 is 1.23 bits per heavy atom. The van der Waals surface area contributed by atoms with Crippen LogP contribution in [-0.4, -0.2) is 47.7 Å². The number of benzene rings is 1. The zero-order chi connectivity index (χ0) is 22.1. The first-order chi connectivity index (χ1) is 14.1. The molecule has 1 unspecified atom stereocenters. The van der Waals surface area contributed by atoms with E-state index in [0.29, 0.717) is 29.7 Å². The van der Waals surface area contributed by atoms with E-state index >= 15 is 0 Å². The molecule has 0 fully saturated rings. The number of hydroxylamine groups is 1. The summed E-state index contributed by atoms with van der Waals surface area (Å²) < 4.78 is 28.5. The predicted molar refractivity (Wildman–Crippen MR) is 108 cm³/mol. The Bertz CT molecular complexity index is 1170. The summed E-state index contributed by atoms with van der Waals surface area (Å²) in [5, 5.41) is 8.89. The first kappa shape index (κ1) is 21.7. The Morgan fingerprint density at radius 3 is 2.57 bits per heavy atom. The number of amides is 1. The normalized spacial score (nSPS) is 15.6. The molecule has 1 aromatic heterocycles. The lowest BCUT2D eigenvalue weighted by molar-refractivity contribution is -0.131. The van der Waals surface area contributed by atoms with Crippen molar-refractivity contribution in [3.63, 3.8) is 0 Å². The molecule has 1 amide bonds. The third kappa shape index (κ3) is 4.01. The zero-order valence-electron chi connectivity index (χ0n) is 16.5. The van der Waals surface area contributed by atoms with Gasteiger partial charge >= 0.3 is 5.97 Å². The van der Waals surface area contributed by atoms with Gasteiger partial charge in [0.25, 0.3) is 11.5 Å². The molecule has 0 saturated carbocycles. The molecule has 2 aromatic rings. The Balaban J connectivity index is 1.86. The number of rotatable bonds is 6. The average molecular weight is 434 g/mol. The van der Waals surface area contributed by atoms with Crippen molar-refractivity contribution in [3.05, 3.63) is 58.0 Å². The summed E-state index contributed by atoms with van der Waals surface area (Å²) >= 11 is 0. The topological polar surface area (TPSA) is 132 Å². The molecule has 30 heavy (non-hydrogen) atoms. The van der Waals surface area contributed by atoms with Crippen LogP contribution in [0.2, 0.25) is 0 Å². The smallest absolute Gasteiger partial charge is 0.338 e. The van der Waals surface area contributed by atoms with E-state index < -0.39 is 32.0 Å². The quantitative estimate of drug-likeness (QED) is 0.393. The molecule has 9 nitrogen and oxygen atoms in total. The fourth-order valence-electron chi connectivity index (χ4n) is 3.29. The maximum Gasteiger partial charge on any atom is 0.338 e. The molecule has 2 N–H and O–H groups in total. The van der Waals surface area contributed by atoms with Gasteiger partial charge in [-0.25, -0.2) is 18.7 Å². The number of pyridine rings is 1. The SMILES string of the molecule is CC(CCn1ccc(-c2ccc3c(c2)C(=O)OCC3)cc1=O)(C(=O)NO)S(C)(=O)=O. The van der Waals surface area contributed by atoms with E-state index in [9.17, 15) is 22.8 Å². The number of aromatic nitrogens is 1. The maximum absolute atomic E-state index is 12.5. The van der Waals surface area contributed by atoms with Crippen molar-refractivity contribution in [1.29, 1.82) is 0 Å². The number of hydrogen-bond donors (Lipinski definition) is 2. The second-order valence-corrected chi connectivity index (χ2v) is 9.84. The van der Waals surface area contributed by atoms with Gasteiger partial charge < -0.3 is 9.30 Å². The minimum Gasteiger partial charge on any atom is -0.462 e. The number of esters is 1. The van der Waals surface area contributed by atoms with E-state index in [0.717, 1.165) is 11.8 Å². The molecule has 1 aliphatic heterocycles. The molecule has 2 heterocycles. The molecule has 10 heteroatoms.